The van der Waals surface area contributed by atoms with Gasteiger partial charge in [0.25, 0.3) is 5.91 Å². The number of urea groups is 1. The van der Waals surface area contributed by atoms with Crippen LogP contribution in [0.2, 0.25) is 0 Å². The van der Waals surface area contributed by atoms with Gasteiger partial charge >= 0.3 is 18.0 Å². The van der Waals surface area contributed by atoms with Crippen LogP contribution in [0.4, 0.5) is 4.79 Å². The maximum absolute atomic E-state index is 12.9. The van der Waals surface area contributed by atoms with Crippen molar-refractivity contribution in [1.82, 2.24) is 10.2 Å². The minimum absolute atomic E-state index is 0.0216. The van der Waals surface area contributed by atoms with Crippen molar-refractivity contribution in [2.24, 2.45) is 0 Å². The van der Waals surface area contributed by atoms with E-state index in [1.807, 2.05) is 0 Å². The third-order valence-electron chi connectivity index (χ3n) is 4.77. The summed E-state index contributed by atoms with van der Waals surface area (Å²) in [6.07, 6.45) is 0.472. The van der Waals surface area contributed by atoms with E-state index in [0.717, 1.165) is 4.90 Å². The predicted molar refractivity (Wildman–Crippen MR) is 117 cm³/mol. The van der Waals surface area contributed by atoms with Crippen molar-refractivity contribution in [3.8, 4) is 11.5 Å². The van der Waals surface area contributed by atoms with Crippen LogP contribution in [0, 0.1) is 0 Å². The Morgan fingerprint density at radius 3 is 2.62 bits per heavy atom. The number of furan rings is 1. The predicted octanol–water partition coefficient (Wildman–Crippen LogP) is 2.50. The number of rotatable bonds is 9. The van der Waals surface area contributed by atoms with Gasteiger partial charge < -0.3 is 28.7 Å². The number of esters is 2. The molecular formula is C23H24N2O9. The topological polar surface area (TPSA) is 134 Å². The van der Waals surface area contributed by atoms with Gasteiger partial charge in [-0.2, -0.15) is 0 Å². The molecule has 1 aromatic heterocycles. The Morgan fingerprint density at radius 1 is 1.18 bits per heavy atom. The maximum Gasteiger partial charge on any atom is 0.373 e. The summed E-state index contributed by atoms with van der Waals surface area (Å²) < 4.78 is 26.0. The molecule has 11 heteroatoms. The van der Waals surface area contributed by atoms with Crippen LogP contribution in [0.5, 0.6) is 11.5 Å². The van der Waals surface area contributed by atoms with Crippen molar-refractivity contribution < 1.29 is 42.5 Å². The lowest BCUT2D eigenvalue weighted by molar-refractivity contribution is -0.150. The lowest BCUT2D eigenvalue weighted by atomic mass is 10.1. The van der Waals surface area contributed by atoms with Gasteiger partial charge in [0.05, 0.1) is 27.4 Å². The van der Waals surface area contributed by atoms with Gasteiger partial charge in [-0.15, -0.1) is 0 Å². The number of carbonyl (C=O) groups is 4. The Hall–Kier alpha value is -4.28. The average Bonchev–Trinajstić information content (AvgIpc) is 3.40. The number of para-hydroxylation sites is 1. The molecule has 180 valence electrons. The molecule has 0 aliphatic carbocycles. The molecule has 11 nitrogen and oxygen atoms in total. The number of imide groups is 1. The molecule has 0 saturated carbocycles. The lowest BCUT2D eigenvalue weighted by Gasteiger charge is -2.17. The number of nitrogens with one attached hydrogen (secondary N) is 1. The first-order valence-electron chi connectivity index (χ1n) is 10.3. The zero-order valence-electron chi connectivity index (χ0n) is 19.1. The summed E-state index contributed by atoms with van der Waals surface area (Å²) in [5.74, 6) is -1.15. The number of hydrogen-bond donors (Lipinski definition) is 1. The van der Waals surface area contributed by atoms with Crippen molar-refractivity contribution in [2.75, 3.05) is 20.8 Å². The van der Waals surface area contributed by atoms with E-state index >= 15 is 0 Å². The second-order valence-corrected chi connectivity index (χ2v) is 7.03. The normalized spacial score (nSPS) is 15.2. The van der Waals surface area contributed by atoms with Gasteiger partial charge in [-0.1, -0.05) is 12.1 Å². The molecule has 0 radical (unpaired) electrons. The minimum Gasteiger partial charge on any atom is -0.493 e. The molecule has 2 heterocycles. The number of hydrogen-bond acceptors (Lipinski definition) is 9. The molecule has 0 spiro atoms. The molecule has 34 heavy (non-hydrogen) atoms. The van der Waals surface area contributed by atoms with E-state index in [1.54, 1.807) is 25.1 Å². The molecule has 3 amide bonds. The van der Waals surface area contributed by atoms with E-state index in [-0.39, 0.29) is 36.1 Å². The fourth-order valence-electron chi connectivity index (χ4n) is 3.12. The summed E-state index contributed by atoms with van der Waals surface area (Å²) in [7, 11) is 2.65. The highest BCUT2D eigenvalue weighted by molar-refractivity contribution is 6.14. The second-order valence-electron chi connectivity index (χ2n) is 7.03. The number of methoxy groups -OCH3 is 2. The third-order valence-corrected chi connectivity index (χ3v) is 4.77. The van der Waals surface area contributed by atoms with E-state index in [1.165, 1.54) is 39.4 Å². The Kier molecular flexibility index (Phi) is 7.57. The van der Waals surface area contributed by atoms with Crippen molar-refractivity contribution in [2.45, 2.75) is 26.5 Å². The van der Waals surface area contributed by atoms with Crippen LogP contribution in [0.1, 0.15) is 35.7 Å². The monoisotopic (exact) mass is 472 g/mol. The molecular weight excluding hydrogens is 448 g/mol. The molecule has 1 fully saturated rings. The third kappa shape index (κ3) is 5.20. The number of amides is 3. The first-order chi connectivity index (χ1) is 16.3. The number of nitrogens with zero attached hydrogens (tertiary/aromatic N) is 1. The highest BCUT2D eigenvalue weighted by Crippen LogP contribution is 2.34. The molecule has 1 N–H and O–H groups in total. The van der Waals surface area contributed by atoms with Crippen LogP contribution in [0.3, 0.4) is 0 Å². The molecule has 1 aromatic carbocycles. The molecule has 1 saturated heterocycles. The summed E-state index contributed by atoms with van der Waals surface area (Å²) in [5, 5.41) is 2.50. The molecule has 3 rings (SSSR count). The fraction of sp³-hybridized carbons (Fsp3) is 0.304. The molecule has 2 aromatic rings. The summed E-state index contributed by atoms with van der Waals surface area (Å²) in [4.78, 5) is 49.8. The largest absolute Gasteiger partial charge is 0.493 e. The molecule has 1 aliphatic rings. The number of benzene rings is 1. The Bertz CT molecular complexity index is 1140. The Morgan fingerprint density at radius 2 is 1.94 bits per heavy atom. The van der Waals surface area contributed by atoms with Gasteiger partial charge in [-0.05, 0) is 38.1 Å². The highest BCUT2D eigenvalue weighted by Gasteiger charge is 2.35. The van der Waals surface area contributed by atoms with Crippen molar-refractivity contribution in [3.63, 3.8) is 0 Å². The molecule has 1 aliphatic heterocycles. The SMILES string of the molecule is CCOC(=O)[C@@H](C)Oc1c(/C=C2\NC(=O)N(Cc3ccc(C(=O)OC)o3)C2=O)cccc1OC. The van der Waals surface area contributed by atoms with Crippen LogP contribution >= 0.6 is 0 Å². The van der Waals surface area contributed by atoms with Crippen LogP contribution < -0.4 is 14.8 Å². The van der Waals surface area contributed by atoms with E-state index in [0.29, 0.717) is 11.3 Å². The van der Waals surface area contributed by atoms with Gasteiger partial charge in [-0.25, -0.2) is 14.4 Å². The first-order valence-corrected chi connectivity index (χ1v) is 10.3. The van der Waals surface area contributed by atoms with Crippen LogP contribution in [-0.2, 0) is 25.6 Å². The van der Waals surface area contributed by atoms with E-state index < -0.39 is 30.0 Å². The highest BCUT2D eigenvalue weighted by atomic mass is 16.6. The molecule has 0 bridgehead atoms. The van der Waals surface area contributed by atoms with Gasteiger partial charge in [-0.3, -0.25) is 9.69 Å². The Labute approximate surface area is 195 Å². The number of ether oxygens (including phenoxy) is 4. The van der Waals surface area contributed by atoms with Crippen LogP contribution in [0.15, 0.2) is 40.4 Å². The summed E-state index contributed by atoms with van der Waals surface area (Å²) in [5.41, 5.74) is 0.374. The maximum atomic E-state index is 12.9. The van der Waals surface area contributed by atoms with Crippen LogP contribution in [-0.4, -0.2) is 55.7 Å². The van der Waals surface area contributed by atoms with Crippen molar-refractivity contribution >= 4 is 30.0 Å². The standard InChI is InChI=1S/C23H24N2O9/c1-5-32-21(27)13(2)33-19-14(7-6-8-17(19)30-3)11-16-20(26)25(23(29)24-16)12-15-9-10-18(34-15)22(28)31-4/h6-11,13H,5,12H2,1-4H3,(H,24,29)/b16-11-/t13-/m1/s1. The van der Waals surface area contributed by atoms with Crippen molar-refractivity contribution in [3.05, 3.63) is 53.1 Å². The van der Waals surface area contributed by atoms with Crippen molar-refractivity contribution in [1.29, 1.82) is 0 Å². The first kappa shape index (κ1) is 24.4. The average molecular weight is 472 g/mol. The molecule has 1 atom stereocenters. The minimum atomic E-state index is -0.943. The van der Waals surface area contributed by atoms with Gasteiger partial charge in [0.2, 0.25) is 5.76 Å². The van der Waals surface area contributed by atoms with E-state index in [9.17, 15) is 19.2 Å². The zero-order valence-corrected chi connectivity index (χ0v) is 19.1. The smallest absolute Gasteiger partial charge is 0.373 e. The molecule has 0 unspecified atom stereocenters. The Balaban J connectivity index is 1.85. The van der Waals surface area contributed by atoms with E-state index in [2.05, 4.69) is 10.1 Å². The van der Waals surface area contributed by atoms with Gasteiger partial charge in [0, 0.05) is 5.56 Å². The fourth-order valence-corrected chi connectivity index (χ4v) is 3.12. The van der Waals surface area contributed by atoms with E-state index in [4.69, 9.17) is 18.6 Å². The lowest BCUT2D eigenvalue weighted by Crippen LogP contribution is -2.30. The van der Waals surface area contributed by atoms with Crippen LogP contribution in [0.25, 0.3) is 6.08 Å². The summed E-state index contributed by atoms with van der Waals surface area (Å²) in [6, 6.07) is 7.13. The second kappa shape index (κ2) is 10.6. The number of carbonyl (C=O) groups excluding carboxylic acids is 4. The summed E-state index contributed by atoms with van der Waals surface area (Å²) >= 11 is 0. The van der Waals surface area contributed by atoms with Gasteiger partial charge in [0.1, 0.15) is 11.5 Å². The summed E-state index contributed by atoms with van der Waals surface area (Å²) in [6.45, 7) is 3.21. The zero-order chi connectivity index (χ0) is 24.8. The quantitative estimate of drug-likeness (QED) is 0.332. The van der Waals surface area contributed by atoms with Gasteiger partial charge in [0.15, 0.2) is 17.6 Å².